The molecule has 0 aliphatic carbocycles. The fourth-order valence-electron chi connectivity index (χ4n) is 7.68. The first-order chi connectivity index (χ1) is 25.3. The third-order valence-electron chi connectivity index (χ3n) is 10.0. The highest BCUT2D eigenvalue weighted by Gasteiger charge is 2.18. The second-order valence-electron chi connectivity index (χ2n) is 13.0. The van der Waals surface area contributed by atoms with Gasteiger partial charge in [-0.15, -0.1) is 0 Å². The molecular formula is C48H31N3. The summed E-state index contributed by atoms with van der Waals surface area (Å²) in [6, 6.07) is 64.8. The van der Waals surface area contributed by atoms with E-state index in [1.165, 1.54) is 38.1 Å². The zero-order valence-electron chi connectivity index (χ0n) is 27.7. The van der Waals surface area contributed by atoms with Crippen LogP contribution in [0.4, 0.5) is 17.1 Å². The quantitative estimate of drug-likeness (QED) is 0.174. The average molecular weight is 650 g/mol. The Morgan fingerprint density at radius 3 is 1.78 bits per heavy atom. The minimum absolute atomic E-state index is 0.953. The molecule has 0 unspecified atom stereocenters. The molecule has 0 atom stereocenters. The Hall–Kier alpha value is -6.84. The highest BCUT2D eigenvalue weighted by Crippen LogP contribution is 2.42. The van der Waals surface area contributed by atoms with E-state index < -0.39 is 0 Å². The molecule has 0 aliphatic heterocycles. The smallest absolute Gasteiger partial charge is 0.0788 e. The van der Waals surface area contributed by atoms with Crippen LogP contribution in [0.1, 0.15) is 0 Å². The van der Waals surface area contributed by atoms with Gasteiger partial charge in [0.15, 0.2) is 0 Å². The number of para-hydroxylation sites is 2. The summed E-state index contributed by atoms with van der Waals surface area (Å²) in [6.07, 6.45) is 1.94. The molecule has 0 saturated carbocycles. The van der Waals surface area contributed by atoms with Gasteiger partial charge in [0.05, 0.1) is 16.7 Å². The van der Waals surface area contributed by atoms with E-state index in [4.69, 9.17) is 9.97 Å². The number of benzene rings is 8. The predicted molar refractivity (Wildman–Crippen MR) is 215 cm³/mol. The number of rotatable bonds is 5. The van der Waals surface area contributed by atoms with Gasteiger partial charge in [-0.05, 0) is 75.8 Å². The van der Waals surface area contributed by atoms with Gasteiger partial charge in [0.25, 0.3) is 0 Å². The Balaban J connectivity index is 1.25. The third-order valence-corrected chi connectivity index (χ3v) is 10.0. The lowest BCUT2D eigenvalue weighted by atomic mass is 9.92. The number of hydrogen-bond acceptors (Lipinski definition) is 3. The summed E-state index contributed by atoms with van der Waals surface area (Å²) in [6.45, 7) is 0. The fourth-order valence-corrected chi connectivity index (χ4v) is 7.68. The Labute approximate surface area is 295 Å². The number of fused-ring (bicyclic) bond motifs is 8. The van der Waals surface area contributed by atoms with Crippen LogP contribution in [0.15, 0.2) is 188 Å². The van der Waals surface area contributed by atoms with Crippen molar-refractivity contribution < 1.29 is 0 Å². The topological polar surface area (TPSA) is 29.0 Å². The van der Waals surface area contributed by atoms with Crippen molar-refractivity contribution in [1.82, 2.24) is 9.97 Å². The molecule has 0 N–H and O–H groups in total. The monoisotopic (exact) mass is 649 g/mol. The van der Waals surface area contributed by atoms with E-state index in [0.717, 1.165) is 55.5 Å². The highest BCUT2D eigenvalue weighted by molar-refractivity contribution is 6.23. The molecular weight excluding hydrogens is 619 g/mol. The van der Waals surface area contributed by atoms with Crippen LogP contribution in [0.2, 0.25) is 0 Å². The van der Waals surface area contributed by atoms with E-state index in [1.54, 1.807) is 0 Å². The van der Waals surface area contributed by atoms with Crippen molar-refractivity contribution in [2.24, 2.45) is 0 Å². The Morgan fingerprint density at radius 1 is 0.392 bits per heavy atom. The third kappa shape index (κ3) is 4.90. The van der Waals surface area contributed by atoms with Crippen molar-refractivity contribution >= 4 is 71.2 Å². The van der Waals surface area contributed by atoms with Crippen LogP contribution >= 0.6 is 0 Å². The van der Waals surface area contributed by atoms with E-state index >= 15 is 0 Å². The van der Waals surface area contributed by atoms with Crippen molar-refractivity contribution in [1.29, 1.82) is 0 Å². The summed E-state index contributed by atoms with van der Waals surface area (Å²) in [5.41, 5.74) is 9.65. The fraction of sp³-hybridized carbons (Fsp3) is 0. The summed E-state index contributed by atoms with van der Waals surface area (Å²) < 4.78 is 0. The molecule has 238 valence electrons. The summed E-state index contributed by atoms with van der Waals surface area (Å²) in [7, 11) is 0. The molecule has 3 nitrogen and oxygen atoms in total. The molecule has 10 aromatic rings. The van der Waals surface area contributed by atoms with E-state index in [2.05, 4.69) is 187 Å². The molecule has 2 aromatic heterocycles. The van der Waals surface area contributed by atoms with Crippen LogP contribution in [0.5, 0.6) is 0 Å². The Bertz CT molecular complexity index is 2860. The van der Waals surface area contributed by atoms with Crippen molar-refractivity contribution in [3.05, 3.63) is 188 Å². The van der Waals surface area contributed by atoms with Gasteiger partial charge in [-0.2, -0.15) is 0 Å². The molecule has 0 bridgehead atoms. The summed E-state index contributed by atoms with van der Waals surface area (Å²) in [4.78, 5) is 12.6. The Kier molecular flexibility index (Phi) is 6.81. The first kappa shape index (κ1) is 29.1. The van der Waals surface area contributed by atoms with Crippen LogP contribution in [0.3, 0.4) is 0 Å². The maximum absolute atomic E-state index is 5.43. The molecule has 0 radical (unpaired) electrons. The standard InChI is InChI=1S/C48H31N3/c1-4-13-34(14-5-1)47-43-26-23-33-20-21-35(39-28-29-49-48-40-19-11-10-12-32(40)22-25-41(39)48)30-44(33)46(43)42-27-24-38(31-45(42)50-47)51(36-15-6-2-7-16-36)37-17-8-3-9-18-37/h1-31H. The number of nitrogens with zero attached hydrogens (tertiary/aromatic N) is 3. The maximum atomic E-state index is 5.43. The molecule has 0 spiro atoms. The number of pyridine rings is 2. The molecule has 2 heterocycles. The van der Waals surface area contributed by atoms with Gasteiger partial charge in [0, 0.05) is 55.8 Å². The van der Waals surface area contributed by atoms with Gasteiger partial charge in [0.2, 0.25) is 0 Å². The lowest BCUT2D eigenvalue weighted by Crippen LogP contribution is -2.09. The highest BCUT2D eigenvalue weighted by atomic mass is 15.1. The Morgan fingerprint density at radius 2 is 1.02 bits per heavy atom. The molecule has 0 fully saturated rings. The second kappa shape index (κ2) is 11.9. The van der Waals surface area contributed by atoms with Crippen molar-refractivity contribution in [2.75, 3.05) is 4.90 Å². The molecule has 8 aromatic carbocycles. The minimum Gasteiger partial charge on any atom is -0.310 e. The van der Waals surface area contributed by atoms with Gasteiger partial charge < -0.3 is 4.90 Å². The lowest BCUT2D eigenvalue weighted by Gasteiger charge is -2.26. The predicted octanol–water partition coefficient (Wildman–Crippen LogP) is 13.0. The summed E-state index contributed by atoms with van der Waals surface area (Å²) in [5, 5.41) is 9.39. The van der Waals surface area contributed by atoms with E-state index in [-0.39, 0.29) is 0 Å². The van der Waals surface area contributed by atoms with Crippen LogP contribution < -0.4 is 4.90 Å². The van der Waals surface area contributed by atoms with Crippen molar-refractivity contribution in [3.63, 3.8) is 0 Å². The van der Waals surface area contributed by atoms with Crippen LogP contribution in [-0.2, 0) is 0 Å². The lowest BCUT2D eigenvalue weighted by molar-refractivity contribution is 1.28. The molecule has 51 heavy (non-hydrogen) atoms. The summed E-state index contributed by atoms with van der Waals surface area (Å²) >= 11 is 0. The van der Waals surface area contributed by atoms with E-state index in [9.17, 15) is 0 Å². The van der Waals surface area contributed by atoms with Crippen molar-refractivity contribution in [3.8, 4) is 22.4 Å². The van der Waals surface area contributed by atoms with Crippen LogP contribution in [0, 0.1) is 0 Å². The first-order valence-corrected chi connectivity index (χ1v) is 17.3. The first-order valence-electron chi connectivity index (χ1n) is 17.3. The number of anilines is 3. The minimum atomic E-state index is 0.953. The van der Waals surface area contributed by atoms with E-state index in [0.29, 0.717) is 0 Å². The maximum Gasteiger partial charge on any atom is 0.0788 e. The second-order valence-corrected chi connectivity index (χ2v) is 13.0. The summed E-state index contributed by atoms with van der Waals surface area (Å²) in [5.74, 6) is 0. The number of aromatic nitrogens is 2. The largest absolute Gasteiger partial charge is 0.310 e. The van der Waals surface area contributed by atoms with Gasteiger partial charge in [-0.3, -0.25) is 4.98 Å². The van der Waals surface area contributed by atoms with Gasteiger partial charge in [-0.1, -0.05) is 133 Å². The van der Waals surface area contributed by atoms with Crippen LogP contribution in [0.25, 0.3) is 76.5 Å². The van der Waals surface area contributed by atoms with Crippen LogP contribution in [-0.4, -0.2) is 9.97 Å². The van der Waals surface area contributed by atoms with Gasteiger partial charge in [0.1, 0.15) is 0 Å². The van der Waals surface area contributed by atoms with Crippen molar-refractivity contribution in [2.45, 2.75) is 0 Å². The molecule has 0 amide bonds. The van der Waals surface area contributed by atoms with Gasteiger partial charge in [-0.25, -0.2) is 4.98 Å². The normalized spacial score (nSPS) is 11.5. The zero-order chi connectivity index (χ0) is 33.7. The SMILES string of the molecule is c1ccc(-c2nc3cc(N(c4ccccc4)c4ccccc4)ccc3c3c2ccc2ccc(-c4ccnc5c4ccc4ccccc45)cc23)cc1. The number of hydrogen-bond donors (Lipinski definition) is 0. The van der Waals surface area contributed by atoms with E-state index in [1.807, 2.05) is 6.20 Å². The molecule has 10 rings (SSSR count). The molecule has 0 aliphatic rings. The zero-order valence-corrected chi connectivity index (χ0v) is 27.7. The van der Waals surface area contributed by atoms with Gasteiger partial charge >= 0.3 is 0 Å². The molecule has 3 heteroatoms. The molecule has 0 saturated heterocycles. The average Bonchev–Trinajstić information content (AvgIpc) is 3.21.